The van der Waals surface area contributed by atoms with Crippen LogP contribution in [0.3, 0.4) is 0 Å². The number of hydrogen-bond acceptors (Lipinski definition) is 8. The number of anilines is 2. The molecule has 11 nitrogen and oxygen atoms in total. The van der Waals surface area contributed by atoms with Gasteiger partial charge >= 0.3 is 0 Å². The highest BCUT2D eigenvalue weighted by molar-refractivity contribution is 8.00. The molecule has 0 aliphatic carbocycles. The van der Waals surface area contributed by atoms with Crippen molar-refractivity contribution >= 4 is 58.5 Å². The van der Waals surface area contributed by atoms with Crippen LogP contribution >= 0.6 is 11.8 Å². The molecule has 1 heterocycles. The van der Waals surface area contributed by atoms with E-state index in [9.17, 15) is 29.3 Å². The number of nitro benzene ring substituents is 1. The fraction of sp³-hybridized carbons (Fsp3) is 0.118. The zero-order valence-electron chi connectivity index (χ0n) is 24.5. The van der Waals surface area contributed by atoms with E-state index >= 15 is 0 Å². The van der Waals surface area contributed by atoms with E-state index in [0.29, 0.717) is 34.9 Å². The molecule has 0 saturated carbocycles. The molecule has 4 aromatic carbocycles. The number of benzene rings is 4. The van der Waals surface area contributed by atoms with Gasteiger partial charge in [0.1, 0.15) is 11.4 Å². The Morgan fingerprint density at radius 2 is 1.63 bits per heavy atom. The van der Waals surface area contributed by atoms with Crippen LogP contribution in [0.25, 0.3) is 6.08 Å². The average molecular weight is 637 g/mol. The van der Waals surface area contributed by atoms with E-state index in [1.807, 2.05) is 6.92 Å². The number of carbonyl (C=O) groups is 4. The molecule has 2 N–H and O–H groups in total. The number of rotatable bonds is 11. The van der Waals surface area contributed by atoms with Gasteiger partial charge in [-0.2, -0.15) is 0 Å². The normalized spacial score (nSPS) is 14.6. The number of non-ortho nitro benzene ring substituents is 1. The number of ether oxygens (including phenoxy) is 1. The number of nitrogens with one attached hydrogen (secondary N) is 2. The summed E-state index contributed by atoms with van der Waals surface area (Å²) in [5, 5.41) is 15.8. The summed E-state index contributed by atoms with van der Waals surface area (Å²) in [6, 6.07) is 27.4. The SMILES string of the molecule is CCOc1ccc(N2C(=O)CC(Sc3ccc(NC(=O)/C(=C/c4ccc([N+](=O)[O-])cc4)NC(=O)c4ccccc4)cc3)C2=O)cc1. The van der Waals surface area contributed by atoms with Gasteiger partial charge in [-0.15, -0.1) is 11.8 Å². The molecule has 1 unspecified atom stereocenters. The van der Waals surface area contributed by atoms with E-state index in [1.165, 1.54) is 47.0 Å². The van der Waals surface area contributed by atoms with E-state index in [1.54, 1.807) is 78.9 Å². The maximum Gasteiger partial charge on any atom is 0.272 e. The van der Waals surface area contributed by atoms with Gasteiger partial charge in [-0.25, -0.2) is 4.90 Å². The molecule has 4 amide bonds. The highest BCUT2D eigenvalue weighted by atomic mass is 32.2. The van der Waals surface area contributed by atoms with E-state index in [-0.39, 0.29) is 29.6 Å². The number of carbonyl (C=O) groups excluding carboxylic acids is 4. The zero-order chi connectivity index (χ0) is 32.6. The number of thioether (sulfide) groups is 1. The minimum atomic E-state index is -0.620. The monoisotopic (exact) mass is 636 g/mol. The zero-order valence-corrected chi connectivity index (χ0v) is 25.4. The molecule has 0 spiro atoms. The van der Waals surface area contributed by atoms with Crippen molar-refractivity contribution in [2.75, 3.05) is 16.8 Å². The van der Waals surface area contributed by atoms with Crippen molar-refractivity contribution in [1.82, 2.24) is 5.32 Å². The minimum Gasteiger partial charge on any atom is -0.494 e. The van der Waals surface area contributed by atoms with Gasteiger partial charge in [-0.3, -0.25) is 29.3 Å². The van der Waals surface area contributed by atoms with Gasteiger partial charge in [0.15, 0.2) is 0 Å². The lowest BCUT2D eigenvalue weighted by Gasteiger charge is -2.15. The van der Waals surface area contributed by atoms with E-state index in [2.05, 4.69) is 10.6 Å². The first kappa shape index (κ1) is 31.7. The Morgan fingerprint density at radius 1 is 0.957 bits per heavy atom. The van der Waals surface area contributed by atoms with Crippen molar-refractivity contribution in [1.29, 1.82) is 0 Å². The van der Waals surface area contributed by atoms with Crippen LogP contribution in [0.4, 0.5) is 17.1 Å². The molecule has 232 valence electrons. The number of imide groups is 1. The fourth-order valence-electron chi connectivity index (χ4n) is 4.61. The van der Waals surface area contributed by atoms with Crippen molar-refractivity contribution in [2.24, 2.45) is 0 Å². The second-order valence-corrected chi connectivity index (χ2v) is 11.3. The molecule has 0 aromatic heterocycles. The van der Waals surface area contributed by atoms with Crippen molar-refractivity contribution in [3.63, 3.8) is 0 Å². The van der Waals surface area contributed by atoms with Crippen molar-refractivity contribution in [2.45, 2.75) is 23.5 Å². The molecular formula is C34H28N4O7S. The van der Waals surface area contributed by atoms with Gasteiger partial charge in [-0.05, 0) is 91.4 Å². The maximum atomic E-state index is 13.3. The van der Waals surface area contributed by atoms with Gasteiger partial charge in [0.05, 0.1) is 22.5 Å². The second-order valence-electron chi connectivity index (χ2n) is 10.0. The summed E-state index contributed by atoms with van der Waals surface area (Å²) in [5.41, 5.74) is 1.52. The van der Waals surface area contributed by atoms with Crippen LogP contribution in [0.15, 0.2) is 114 Å². The Bertz CT molecular complexity index is 1790. The van der Waals surface area contributed by atoms with E-state index < -0.39 is 22.0 Å². The molecule has 1 saturated heterocycles. The van der Waals surface area contributed by atoms with Crippen LogP contribution in [0.1, 0.15) is 29.3 Å². The van der Waals surface area contributed by atoms with Crippen molar-refractivity contribution in [3.8, 4) is 5.75 Å². The predicted molar refractivity (Wildman–Crippen MR) is 174 cm³/mol. The average Bonchev–Trinajstić information content (AvgIpc) is 3.34. The largest absolute Gasteiger partial charge is 0.494 e. The Hall–Kier alpha value is -5.75. The lowest BCUT2D eigenvalue weighted by molar-refractivity contribution is -0.384. The quantitative estimate of drug-likeness (QED) is 0.0905. The Labute approximate surface area is 268 Å². The Balaban J connectivity index is 1.27. The summed E-state index contributed by atoms with van der Waals surface area (Å²) < 4.78 is 5.44. The first-order valence-electron chi connectivity index (χ1n) is 14.2. The molecule has 0 bridgehead atoms. The highest BCUT2D eigenvalue weighted by Gasteiger charge is 2.40. The molecule has 1 atom stereocenters. The lowest BCUT2D eigenvalue weighted by atomic mass is 10.1. The van der Waals surface area contributed by atoms with E-state index in [4.69, 9.17) is 4.74 Å². The Kier molecular flexibility index (Phi) is 9.88. The molecule has 1 aliphatic heterocycles. The number of nitrogens with zero attached hydrogens (tertiary/aromatic N) is 2. The molecule has 0 radical (unpaired) electrons. The van der Waals surface area contributed by atoms with Gasteiger partial charge in [0.2, 0.25) is 11.8 Å². The molecule has 5 rings (SSSR count). The topological polar surface area (TPSA) is 148 Å². The van der Waals surface area contributed by atoms with Gasteiger partial charge in [0.25, 0.3) is 17.5 Å². The lowest BCUT2D eigenvalue weighted by Crippen LogP contribution is -2.31. The highest BCUT2D eigenvalue weighted by Crippen LogP contribution is 2.35. The first-order valence-corrected chi connectivity index (χ1v) is 15.1. The third kappa shape index (κ3) is 7.66. The Morgan fingerprint density at radius 3 is 2.26 bits per heavy atom. The predicted octanol–water partition coefficient (Wildman–Crippen LogP) is 5.83. The van der Waals surface area contributed by atoms with Crippen molar-refractivity contribution in [3.05, 3.63) is 130 Å². The summed E-state index contributed by atoms with van der Waals surface area (Å²) in [4.78, 5) is 64.5. The number of nitro groups is 1. The summed E-state index contributed by atoms with van der Waals surface area (Å²) >= 11 is 1.25. The second kappa shape index (κ2) is 14.4. The third-order valence-corrected chi connectivity index (χ3v) is 8.04. The summed E-state index contributed by atoms with van der Waals surface area (Å²) in [7, 11) is 0. The van der Waals surface area contributed by atoms with Crippen LogP contribution in [0.5, 0.6) is 5.75 Å². The number of hydrogen-bond donors (Lipinski definition) is 2. The summed E-state index contributed by atoms with van der Waals surface area (Å²) in [5.74, 6) is -1.08. The summed E-state index contributed by atoms with van der Waals surface area (Å²) in [6.45, 7) is 2.38. The smallest absolute Gasteiger partial charge is 0.272 e. The molecule has 1 fully saturated rings. The van der Waals surface area contributed by atoms with Crippen LogP contribution in [0, 0.1) is 10.1 Å². The molecule has 1 aliphatic rings. The molecule has 12 heteroatoms. The molecule has 4 aromatic rings. The minimum absolute atomic E-state index is 0.0487. The van der Waals surface area contributed by atoms with Gasteiger partial charge < -0.3 is 15.4 Å². The van der Waals surface area contributed by atoms with E-state index in [0.717, 1.165) is 4.90 Å². The van der Waals surface area contributed by atoms with Crippen LogP contribution in [-0.2, 0) is 14.4 Å². The van der Waals surface area contributed by atoms with Crippen LogP contribution in [-0.4, -0.2) is 40.4 Å². The molecule has 46 heavy (non-hydrogen) atoms. The van der Waals surface area contributed by atoms with Crippen molar-refractivity contribution < 1.29 is 28.8 Å². The molecular weight excluding hydrogens is 608 g/mol. The van der Waals surface area contributed by atoms with Gasteiger partial charge in [0, 0.05) is 34.7 Å². The summed E-state index contributed by atoms with van der Waals surface area (Å²) in [6.07, 6.45) is 1.47. The van der Waals surface area contributed by atoms with Crippen LogP contribution in [0.2, 0.25) is 0 Å². The standard InChI is InChI=1S/C34H28N4O7S/c1-2-45-27-16-14-25(15-17-27)37-31(39)21-30(34(37)42)46-28-18-10-24(11-19-28)35-33(41)29(36-32(40)23-6-4-3-5-7-23)20-22-8-12-26(13-9-22)38(43)44/h3-20,30H,2,21H2,1H3,(H,35,41)(H,36,40)/b29-20-. The number of amides is 4. The third-order valence-electron chi connectivity index (χ3n) is 6.85. The van der Waals surface area contributed by atoms with Crippen LogP contribution < -0.4 is 20.3 Å². The fourth-order valence-corrected chi connectivity index (χ4v) is 5.66. The van der Waals surface area contributed by atoms with Gasteiger partial charge in [-0.1, -0.05) is 18.2 Å². The maximum absolute atomic E-state index is 13.3. The first-order chi connectivity index (χ1) is 22.2.